The molecule has 5 nitrogen and oxygen atoms in total. The molecule has 0 spiro atoms. The number of likely N-dealkylation sites (tertiary alicyclic amines) is 1. The van der Waals surface area contributed by atoms with E-state index in [-0.39, 0.29) is 6.10 Å². The van der Waals surface area contributed by atoms with Crippen LogP contribution in [0.5, 0.6) is 0 Å². The van der Waals surface area contributed by atoms with Crippen LogP contribution < -0.4 is 0 Å². The molecular formula is C18H23N3O2S. The van der Waals surface area contributed by atoms with Gasteiger partial charge in [-0.25, -0.2) is 4.98 Å². The first kappa shape index (κ1) is 15.0. The molecule has 1 aliphatic carbocycles. The van der Waals surface area contributed by atoms with Crippen LogP contribution in [0.2, 0.25) is 0 Å². The fraction of sp³-hybridized carbons (Fsp3) is 0.667. The van der Waals surface area contributed by atoms with Crippen LogP contribution in [0.4, 0.5) is 0 Å². The zero-order valence-corrected chi connectivity index (χ0v) is 14.8. The van der Waals surface area contributed by atoms with Gasteiger partial charge < -0.3 is 9.26 Å². The summed E-state index contributed by atoms with van der Waals surface area (Å²) in [6.45, 7) is 4.91. The number of fused-ring (bicyclic) bond motifs is 1. The van der Waals surface area contributed by atoms with Crippen LogP contribution in [-0.4, -0.2) is 34.2 Å². The van der Waals surface area contributed by atoms with Gasteiger partial charge in [0, 0.05) is 30.5 Å². The highest BCUT2D eigenvalue weighted by molar-refractivity contribution is 7.09. The molecule has 5 rings (SSSR count). The van der Waals surface area contributed by atoms with Crippen LogP contribution >= 0.6 is 11.3 Å². The van der Waals surface area contributed by atoms with Crippen LogP contribution in [0.3, 0.4) is 0 Å². The molecule has 2 aliphatic heterocycles. The van der Waals surface area contributed by atoms with Gasteiger partial charge in [0.15, 0.2) is 0 Å². The zero-order valence-electron chi connectivity index (χ0n) is 14.0. The number of aryl methyl sites for hydroxylation is 1. The highest BCUT2D eigenvalue weighted by Gasteiger charge is 2.41. The van der Waals surface area contributed by atoms with Crippen LogP contribution in [0, 0.1) is 12.8 Å². The number of piperidine rings is 1. The molecule has 24 heavy (non-hydrogen) atoms. The van der Waals surface area contributed by atoms with Crippen LogP contribution in [0.25, 0.3) is 0 Å². The summed E-state index contributed by atoms with van der Waals surface area (Å²) in [7, 11) is 0. The van der Waals surface area contributed by atoms with E-state index in [9.17, 15) is 0 Å². The van der Waals surface area contributed by atoms with Crippen LogP contribution in [0.15, 0.2) is 16.0 Å². The van der Waals surface area contributed by atoms with Gasteiger partial charge in [0.25, 0.3) is 0 Å². The van der Waals surface area contributed by atoms with Crippen LogP contribution in [-0.2, 0) is 11.3 Å². The van der Waals surface area contributed by atoms with E-state index >= 15 is 0 Å². The van der Waals surface area contributed by atoms with Crippen molar-refractivity contribution in [1.82, 2.24) is 15.0 Å². The summed E-state index contributed by atoms with van der Waals surface area (Å²) in [5, 5.41) is 7.56. The molecule has 0 N–H and O–H groups in total. The van der Waals surface area contributed by atoms with Gasteiger partial charge in [0.05, 0.1) is 17.5 Å². The SMILES string of the molecule is Cc1cc(CN2CC[C@H]3C[C@H](c4nc(C5CC5)cs4)O[C@@H]3C2)no1. The predicted octanol–water partition coefficient (Wildman–Crippen LogP) is 3.67. The lowest BCUT2D eigenvalue weighted by Crippen LogP contribution is -2.41. The fourth-order valence-electron chi connectivity index (χ4n) is 4.03. The Morgan fingerprint density at radius 1 is 1.33 bits per heavy atom. The number of aromatic nitrogens is 2. The zero-order chi connectivity index (χ0) is 16.1. The van der Waals surface area contributed by atoms with Gasteiger partial charge in [-0.3, -0.25) is 4.90 Å². The first-order valence-electron chi connectivity index (χ1n) is 9.00. The minimum Gasteiger partial charge on any atom is -0.366 e. The summed E-state index contributed by atoms with van der Waals surface area (Å²) in [5.74, 6) is 2.30. The number of rotatable bonds is 4. The second kappa shape index (κ2) is 5.93. The summed E-state index contributed by atoms with van der Waals surface area (Å²) in [6, 6.07) is 2.03. The fourth-order valence-corrected chi connectivity index (χ4v) is 4.98. The maximum Gasteiger partial charge on any atom is 0.133 e. The van der Waals surface area contributed by atoms with Crippen molar-refractivity contribution in [2.45, 2.75) is 57.3 Å². The monoisotopic (exact) mass is 345 g/mol. The first-order chi connectivity index (χ1) is 11.7. The Hall–Kier alpha value is -1.24. The van der Waals surface area contributed by atoms with E-state index in [0.29, 0.717) is 12.0 Å². The van der Waals surface area contributed by atoms with Crippen molar-refractivity contribution in [2.75, 3.05) is 13.1 Å². The molecule has 0 radical (unpaired) electrons. The molecule has 3 fully saturated rings. The Bertz CT molecular complexity index is 723. The average Bonchev–Trinajstić information content (AvgIpc) is 2.98. The van der Waals surface area contributed by atoms with Gasteiger partial charge >= 0.3 is 0 Å². The molecule has 0 unspecified atom stereocenters. The van der Waals surface area contributed by atoms with Gasteiger partial charge in [-0.1, -0.05) is 5.16 Å². The highest BCUT2D eigenvalue weighted by atomic mass is 32.1. The lowest BCUT2D eigenvalue weighted by Gasteiger charge is -2.33. The number of hydrogen-bond donors (Lipinski definition) is 0. The van der Waals surface area contributed by atoms with E-state index in [0.717, 1.165) is 43.4 Å². The maximum absolute atomic E-state index is 6.40. The van der Waals surface area contributed by atoms with E-state index < -0.39 is 0 Å². The quantitative estimate of drug-likeness (QED) is 0.846. The third-order valence-electron chi connectivity index (χ3n) is 5.51. The molecule has 3 aliphatic rings. The molecule has 2 aromatic heterocycles. The standard InChI is InChI=1S/C18H23N3O2S/c1-11-6-14(20-23-11)8-21-5-4-13-7-16(22-17(13)9-21)18-19-15(10-24-18)12-2-3-12/h6,10,12-13,16-17H,2-5,7-9H2,1H3/t13-,16+,17+/m0/s1. The predicted molar refractivity (Wildman–Crippen MR) is 90.9 cm³/mol. The lowest BCUT2D eigenvalue weighted by molar-refractivity contribution is -0.00987. The molecule has 2 aromatic rings. The second-order valence-electron chi connectivity index (χ2n) is 7.50. The van der Waals surface area contributed by atoms with Gasteiger partial charge in [0.1, 0.15) is 16.9 Å². The second-order valence-corrected chi connectivity index (χ2v) is 8.39. The van der Waals surface area contributed by atoms with E-state index in [1.807, 2.05) is 13.0 Å². The minimum absolute atomic E-state index is 0.215. The Morgan fingerprint density at radius 2 is 2.25 bits per heavy atom. The molecule has 6 heteroatoms. The van der Waals surface area contributed by atoms with Crippen molar-refractivity contribution in [1.29, 1.82) is 0 Å². The van der Waals surface area contributed by atoms with E-state index in [1.54, 1.807) is 11.3 Å². The molecule has 3 atom stereocenters. The average molecular weight is 345 g/mol. The summed E-state index contributed by atoms with van der Waals surface area (Å²) in [6.07, 6.45) is 5.53. The largest absolute Gasteiger partial charge is 0.366 e. The van der Waals surface area contributed by atoms with Crippen molar-refractivity contribution in [3.05, 3.63) is 33.6 Å². The third kappa shape index (κ3) is 2.91. The Labute approximate surface area is 146 Å². The van der Waals surface area contributed by atoms with Crippen molar-refractivity contribution >= 4 is 11.3 Å². The Balaban J connectivity index is 1.22. The van der Waals surface area contributed by atoms with Crippen molar-refractivity contribution in [2.24, 2.45) is 5.92 Å². The summed E-state index contributed by atoms with van der Waals surface area (Å²) < 4.78 is 11.6. The number of nitrogens with zero attached hydrogens (tertiary/aromatic N) is 3. The minimum atomic E-state index is 0.215. The van der Waals surface area contributed by atoms with Crippen molar-refractivity contribution in [3.63, 3.8) is 0 Å². The molecule has 0 aromatic carbocycles. The first-order valence-corrected chi connectivity index (χ1v) is 9.88. The highest BCUT2D eigenvalue weighted by Crippen LogP contribution is 2.45. The van der Waals surface area contributed by atoms with Crippen LogP contribution in [0.1, 0.15) is 59.9 Å². The third-order valence-corrected chi connectivity index (χ3v) is 6.46. The number of ether oxygens (including phenoxy) is 1. The van der Waals surface area contributed by atoms with E-state index in [1.165, 1.54) is 30.0 Å². The summed E-state index contributed by atoms with van der Waals surface area (Å²) in [4.78, 5) is 7.30. The molecule has 4 heterocycles. The maximum atomic E-state index is 6.40. The Morgan fingerprint density at radius 3 is 3.04 bits per heavy atom. The summed E-state index contributed by atoms with van der Waals surface area (Å²) >= 11 is 1.79. The molecule has 0 bridgehead atoms. The topological polar surface area (TPSA) is 51.4 Å². The summed E-state index contributed by atoms with van der Waals surface area (Å²) in [5.41, 5.74) is 2.32. The molecule has 0 amide bonds. The molecule has 128 valence electrons. The van der Waals surface area contributed by atoms with E-state index in [4.69, 9.17) is 14.2 Å². The van der Waals surface area contributed by atoms with Gasteiger partial charge in [-0.15, -0.1) is 11.3 Å². The number of hydrogen-bond acceptors (Lipinski definition) is 6. The van der Waals surface area contributed by atoms with E-state index in [2.05, 4.69) is 15.4 Å². The van der Waals surface area contributed by atoms with Crippen molar-refractivity contribution < 1.29 is 9.26 Å². The van der Waals surface area contributed by atoms with Gasteiger partial charge in [-0.05, 0) is 45.1 Å². The molecule has 1 saturated carbocycles. The normalized spacial score (nSPS) is 30.6. The molecular weight excluding hydrogens is 322 g/mol. The smallest absolute Gasteiger partial charge is 0.133 e. The molecule has 2 saturated heterocycles. The lowest BCUT2D eigenvalue weighted by atomic mass is 9.92. The Kier molecular flexibility index (Phi) is 3.72. The van der Waals surface area contributed by atoms with Crippen molar-refractivity contribution in [3.8, 4) is 0 Å². The number of thiazole rings is 1. The van der Waals surface area contributed by atoms with Gasteiger partial charge in [-0.2, -0.15) is 0 Å². The van der Waals surface area contributed by atoms with Gasteiger partial charge in [0.2, 0.25) is 0 Å².